The molecule has 30 heavy (non-hydrogen) atoms. The van der Waals surface area contributed by atoms with Crippen molar-refractivity contribution in [1.82, 2.24) is 20.3 Å². The van der Waals surface area contributed by atoms with Gasteiger partial charge in [0.15, 0.2) is 0 Å². The number of nitrogens with one attached hydrogen (secondary N) is 1. The lowest BCUT2D eigenvalue weighted by atomic mass is 10.1. The Morgan fingerprint density at radius 2 is 1.77 bits per heavy atom. The van der Waals surface area contributed by atoms with Crippen LogP contribution in [-0.2, 0) is 6.18 Å². The summed E-state index contributed by atoms with van der Waals surface area (Å²) in [6.07, 6.45) is -0.648. The van der Waals surface area contributed by atoms with Crippen LogP contribution < -0.4 is 10.6 Å². The van der Waals surface area contributed by atoms with E-state index in [9.17, 15) is 18.0 Å². The molecule has 0 radical (unpaired) electrons. The molecule has 1 N–H and O–H groups in total. The second-order valence-corrected chi connectivity index (χ2v) is 10.5. The summed E-state index contributed by atoms with van der Waals surface area (Å²) in [5.41, 5.74) is 1.74. The summed E-state index contributed by atoms with van der Waals surface area (Å²) in [6, 6.07) is 5.12. The summed E-state index contributed by atoms with van der Waals surface area (Å²) in [6.45, 7) is 7.85. The fourth-order valence-corrected chi connectivity index (χ4v) is 4.23. The van der Waals surface area contributed by atoms with Gasteiger partial charge in [-0.2, -0.15) is 13.2 Å². The molecule has 3 rings (SSSR count). The first-order valence-corrected chi connectivity index (χ1v) is 12.0. The molecule has 2 aromatic heterocycles. The third kappa shape index (κ3) is 5.21. The van der Waals surface area contributed by atoms with Gasteiger partial charge in [-0.25, -0.2) is 15.0 Å². The molecule has 0 fully saturated rings. The standard InChI is InChI=1S/C20H20F3N4OPS/c1-11-8-24-18(30-11)14-5-13(6-16(7-14)29(3)4)17(28)27-12(2)15-9-25-19(26-10-15)20(21,22)23/h5-10,12H,1-4H3,(H,27,28)/t12-/m1/s1. The van der Waals surface area contributed by atoms with E-state index >= 15 is 0 Å². The van der Waals surface area contributed by atoms with Gasteiger partial charge in [-0.1, -0.05) is 7.92 Å². The molecule has 0 unspecified atom stereocenters. The molecule has 0 aliphatic carbocycles. The van der Waals surface area contributed by atoms with Crippen LogP contribution in [0.15, 0.2) is 36.8 Å². The van der Waals surface area contributed by atoms with Crippen molar-refractivity contribution in [1.29, 1.82) is 0 Å². The fourth-order valence-electron chi connectivity index (χ4n) is 2.68. The smallest absolute Gasteiger partial charge is 0.345 e. The summed E-state index contributed by atoms with van der Waals surface area (Å²) in [4.78, 5) is 25.1. The highest BCUT2D eigenvalue weighted by molar-refractivity contribution is 7.64. The number of amides is 1. The second-order valence-electron chi connectivity index (χ2n) is 6.97. The second kappa shape index (κ2) is 8.78. The molecule has 0 aliphatic rings. The SMILES string of the molecule is Cc1cnc(-c2cc(C(=O)N[C@H](C)c3cnc(C(F)(F)F)nc3)cc(P(C)C)c2)s1. The normalized spacial score (nSPS) is 12.8. The maximum Gasteiger partial charge on any atom is 0.451 e. The Morgan fingerprint density at radius 3 is 2.30 bits per heavy atom. The lowest BCUT2D eigenvalue weighted by molar-refractivity contribution is -0.145. The number of rotatable bonds is 5. The molecule has 1 aromatic carbocycles. The van der Waals surface area contributed by atoms with Gasteiger partial charge in [-0.3, -0.25) is 4.79 Å². The van der Waals surface area contributed by atoms with Crippen LogP contribution >= 0.6 is 19.3 Å². The van der Waals surface area contributed by atoms with Gasteiger partial charge in [0.25, 0.3) is 5.91 Å². The first kappa shape index (κ1) is 22.3. The van der Waals surface area contributed by atoms with Crippen LogP contribution in [-0.4, -0.2) is 34.2 Å². The van der Waals surface area contributed by atoms with Gasteiger partial charge in [-0.15, -0.1) is 11.3 Å². The molecule has 5 nitrogen and oxygen atoms in total. The summed E-state index contributed by atoms with van der Waals surface area (Å²) in [7, 11) is -0.445. The van der Waals surface area contributed by atoms with Gasteiger partial charge in [0.2, 0.25) is 5.82 Å². The van der Waals surface area contributed by atoms with Crippen molar-refractivity contribution < 1.29 is 18.0 Å². The van der Waals surface area contributed by atoms with Crippen molar-refractivity contribution in [3.8, 4) is 10.6 Å². The molecule has 158 valence electrons. The third-order valence-electron chi connectivity index (χ3n) is 4.34. The van der Waals surface area contributed by atoms with Gasteiger partial charge in [0, 0.05) is 40.2 Å². The summed E-state index contributed by atoms with van der Waals surface area (Å²) < 4.78 is 37.9. The van der Waals surface area contributed by atoms with E-state index < -0.39 is 26.0 Å². The van der Waals surface area contributed by atoms with E-state index in [4.69, 9.17) is 0 Å². The molecule has 0 saturated carbocycles. The Kier molecular flexibility index (Phi) is 6.53. The number of hydrogen-bond donors (Lipinski definition) is 1. The molecule has 2 heterocycles. The number of carbonyl (C=O) groups is 1. The molecule has 10 heteroatoms. The van der Waals surface area contributed by atoms with Crippen LogP contribution in [0.3, 0.4) is 0 Å². The highest BCUT2D eigenvalue weighted by atomic mass is 32.1. The zero-order valence-corrected chi connectivity index (χ0v) is 18.5. The molecule has 0 spiro atoms. The minimum atomic E-state index is -4.60. The third-order valence-corrected chi connectivity index (χ3v) is 6.59. The molecule has 0 saturated heterocycles. The topological polar surface area (TPSA) is 67.8 Å². The van der Waals surface area contributed by atoms with Crippen molar-refractivity contribution in [2.45, 2.75) is 26.1 Å². The average Bonchev–Trinajstić information content (AvgIpc) is 3.13. The van der Waals surface area contributed by atoms with Crippen LogP contribution in [0, 0.1) is 6.92 Å². The van der Waals surface area contributed by atoms with E-state index in [-0.39, 0.29) is 5.91 Å². The minimum Gasteiger partial charge on any atom is -0.345 e. The van der Waals surface area contributed by atoms with Crippen LogP contribution in [0.25, 0.3) is 10.6 Å². The van der Waals surface area contributed by atoms with Crippen molar-refractivity contribution in [2.75, 3.05) is 13.3 Å². The molecular formula is C20H20F3N4OPS. The highest BCUT2D eigenvalue weighted by Gasteiger charge is 2.34. The quantitative estimate of drug-likeness (QED) is 0.566. The van der Waals surface area contributed by atoms with E-state index in [1.807, 2.05) is 19.1 Å². The number of alkyl halides is 3. The number of hydrogen-bond acceptors (Lipinski definition) is 5. The number of aromatic nitrogens is 3. The van der Waals surface area contributed by atoms with E-state index in [0.29, 0.717) is 11.1 Å². The molecule has 1 atom stereocenters. The van der Waals surface area contributed by atoms with E-state index in [1.165, 1.54) is 0 Å². The Balaban J connectivity index is 1.84. The van der Waals surface area contributed by atoms with Crippen molar-refractivity contribution in [2.24, 2.45) is 0 Å². The maximum atomic E-state index is 12.9. The Bertz CT molecular complexity index is 1050. The number of halogens is 3. The minimum absolute atomic E-state index is 0.323. The van der Waals surface area contributed by atoms with Crippen molar-refractivity contribution >= 4 is 30.5 Å². The molecular weight excluding hydrogens is 432 g/mol. The molecule has 0 aliphatic heterocycles. The lowest BCUT2D eigenvalue weighted by Crippen LogP contribution is -2.27. The zero-order chi connectivity index (χ0) is 22.1. The predicted octanol–water partition coefficient (Wildman–Crippen LogP) is 4.79. The van der Waals surface area contributed by atoms with E-state index in [2.05, 4.69) is 33.6 Å². The zero-order valence-electron chi connectivity index (χ0n) is 16.8. The maximum absolute atomic E-state index is 12.9. The molecule has 1 amide bonds. The molecule has 3 aromatic rings. The van der Waals surface area contributed by atoms with Crippen LogP contribution in [0.5, 0.6) is 0 Å². The number of aryl methyl sites for hydroxylation is 1. The number of nitrogens with zero attached hydrogens (tertiary/aromatic N) is 3. The predicted molar refractivity (Wildman–Crippen MR) is 114 cm³/mol. The summed E-state index contributed by atoms with van der Waals surface area (Å²) >= 11 is 1.55. The van der Waals surface area contributed by atoms with Gasteiger partial charge in [0.05, 0.1) is 6.04 Å². The van der Waals surface area contributed by atoms with Gasteiger partial charge in [-0.05, 0) is 50.7 Å². The van der Waals surface area contributed by atoms with Crippen LogP contribution in [0.2, 0.25) is 0 Å². The van der Waals surface area contributed by atoms with Gasteiger partial charge < -0.3 is 5.32 Å². The summed E-state index contributed by atoms with van der Waals surface area (Å²) in [5.74, 6) is -1.53. The van der Waals surface area contributed by atoms with Gasteiger partial charge >= 0.3 is 6.18 Å². The number of carbonyl (C=O) groups excluding carboxylic acids is 1. The van der Waals surface area contributed by atoms with E-state index in [0.717, 1.165) is 33.1 Å². The Hall–Kier alpha value is -2.38. The Morgan fingerprint density at radius 1 is 1.10 bits per heavy atom. The largest absolute Gasteiger partial charge is 0.451 e. The molecule has 0 bridgehead atoms. The first-order valence-electron chi connectivity index (χ1n) is 9.00. The van der Waals surface area contributed by atoms with Crippen LogP contribution in [0.4, 0.5) is 13.2 Å². The highest BCUT2D eigenvalue weighted by Crippen LogP contribution is 2.30. The first-order chi connectivity index (χ1) is 14.0. The number of benzene rings is 1. The van der Waals surface area contributed by atoms with Crippen molar-refractivity contribution in [3.05, 3.63) is 58.6 Å². The average molecular weight is 452 g/mol. The Labute approximate surface area is 177 Å². The van der Waals surface area contributed by atoms with Gasteiger partial charge in [0.1, 0.15) is 5.01 Å². The number of thiazole rings is 1. The van der Waals surface area contributed by atoms with Crippen LogP contribution in [0.1, 0.15) is 39.6 Å². The summed E-state index contributed by atoms with van der Waals surface area (Å²) in [5, 5.41) is 4.71. The monoisotopic (exact) mass is 452 g/mol. The van der Waals surface area contributed by atoms with Crippen molar-refractivity contribution in [3.63, 3.8) is 0 Å². The van der Waals surface area contributed by atoms with E-state index in [1.54, 1.807) is 30.5 Å². The lowest BCUT2D eigenvalue weighted by Gasteiger charge is -2.16. The fraction of sp³-hybridized carbons (Fsp3) is 0.300.